The highest BCUT2D eigenvalue weighted by atomic mass is 19.1. The van der Waals surface area contributed by atoms with Crippen LogP contribution in [-0.2, 0) is 4.79 Å². The third-order valence-electron chi connectivity index (χ3n) is 3.51. The molecule has 0 spiro atoms. The van der Waals surface area contributed by atoms with Crippen LogP contribution in [0.5, 0.6) is 0 Å². The van der Waals surface area contributed by atoms with Crippen LogP contribution >= 0.6 is 0 Å². The lowest BCUT2D eigenvalue weighted by Gasteiger charge is -2.29. The minimum absolute atomic E-state index is 0.0679. The van der Waals surface area contributed by atoms with Gasteiger partial charge in [-0.15, -0.1) is 0 Å². The van der Waals surface area contributed by atoms with E-state index in [1.807, 2.05) is 0 Å². The van der Waals surface area contributed by atoms with Crippen molar-refractivity contribution >= 4 is 17.3 Å². The van der Waals surface area contributed by atoms with Gasteiger partial charge in [0.05, 0.1) is 11.0 Å². The molecule has 1 heterocycles. The van der Waals surface area contributed by atoms with Crippen LogP contribution in [0.1, 0.15) is 26.2 Å². The number of piperidine rings is 1. The van der Waals surface area contributed by atoms with Gasteiger partial charge in [-0.1, -0.05) is 0 Å². The van der Waals surface area contributed by atoms with E-state index in [2.05, 4.69) is 5.32 Å². The van der Waals surface area contributed by atoms with E-state index in [4.69, 9.17) is 0 Å². The molecule has 1 aliphatic rings. The van der Waals surface area contributed by atoms with Crippen molar-refractivity contribution in [3.8, 4) is 0 Å². The second kappa shape index (κ2) is 6.51. The summed E-state index contributed by atoms with van der Waals surface area (Å²) in [5, 5.41) is 13.5. The lowest BCUT2D eigenvalue weighted by molar-refractivity contribution is -0.385. The van der Waals surface area contributed by atoms with Gasteiger partial charge in [0.1, 0.15) is 11.9 Å². The molecule has 114 valence electrons. The number of likely N-dealkylation sites (tertiary alicyclic amines) is 1. The second-order valence-corrected chi connectivity index (χ2v) is 5.21. The van der Waals surface area contributed by atoms with Gasteiger partial charge >= 0.3 is 0 Å². The van der Waals surface area contributed by atoms with Gasteiger partial charge in [0.25, 0.3) is 5.69 Å². The summed E-state index contributed by atoms with van der Waals surface area (Å²) in [7, 11) is 0. The molecule has 0 aliphatic carbocycles. The number of benzene rings is 1. The number of carbonyl (C=O) groups excluding carboxylic acids is 1. The van der Waals surface area contributed by atoms with Crippen molar-refractivity contribution in [2.24, 2.45) is 0 Å². The third kappa shape index (κ3) is 3.90. The molecule has 0 saturated carbocycles. The Labute approximate surface area is 122 Å². The third-order valence-corrected chi connectivity index (χ3v) is 3.51. The Bertz CT molecular complexity index is 544. The Morgan fingerprint density at radius 2 is 2.00 bits per heavy atom. The molecule has 0 bridgehead atoms. The summed E-state index contributed by atoms with van der Waals surface area (Å²) < 4.78 is 13.4. The lowest BCUT2D eigenvalue weighted by atomic mass is 10.1. The monoisotopic (exact) mass is 295 g/mol. The van der Waals surface area contributed by atoms with Crippen molar-refractivity contribution in [1.82, 2.24) is 4.90 Å². The van der Waals surface area contributed by atoms with Crippen LogP contribution in [0.25, 0.3) is 0 Å². The fraction of sp³-hybridized carbons (Fsp3) is 0.500. The van der Waals surface area contributed by atoms with Crippen LogP contribution in [0.4, 0.5) is 15.8 Å². The zero-order valence-electron chi connectivity index (χ0n) is 11.8. The predicted octanol–water partition coefficient (Wildman–Crippen LogP) is 2.55. The fourth-order valence-electron chi connectivity index (χ4n) is 2.46. The molecule has 0 aromatic heterocycles. The van der Waals surface area contributed by atoms with Gasteiger partial charge in [-0.05, 0) is 32.3 Å². The number of nitrogens with one attached hydrogen (secondary N) is 1. The number of carbonyl (C=O) groups is 1. The highest BCUT2D eigenvalue weighted by Gasteiger charge is 2.22. The standard InChI is InChI=1S/C14H18FN3O3/c1-10(14(19)17-5-3-2-4-6-17)16-12-7-11(15)8-13(9-12)18(20)21/h7-10,16H,2-6H2,1H3. The summed E-state index contributed by atoms with van der Waals surface area (Å²) in [6, 6.07) is 2.67. The quantitative estimate of drug-likeness (QED) is 0.684. The molecule has 1 fully saturated rings. The average molecular weight is 295 g/mol. The summed E-state index contributed by atoms with van der Waals surface area (Å²) in [6.45, 7) is 3.13. The minimum atomic E-state index is -0.704. The molecule has 2 rings (SSSR count). The molecular weight excluding hydrogens is 277 g/mol. The lowest BCUT2D eigenvalue weighted by Crippen LogP contribution is -2.43. The van der Waals surface area contributed by atoms with Gasteiger partial charge in [-0.25, -0.2) is 4.39 Å². The van der Waals surface area contributed by atoms with Crippen LogP contribution in [-0.4, -0.2) is 34.9 Å². The summed E-state index contributed by atoms with van der Waals surface area (Å²) in [5.74, 6) is -0.772. The van der Waals surface area contributed by atoms with Crippen LogP contribution in [0.15, 0.2) is 18.2 Å². The van der Waals surface area contributed by atoms with Crippen molar-refractivity contribution in [3.63, 3.8) is 0 Å². The Balaban J connectivity index is 2.06. The first-order valence-electron chi connectivity index (χ1n) is 6.97. The molecule has 1 unspecified atom stereocenters. The number of rotatable bonds is 4. The predicted molar refractivity (Wildman–Crippen MR) is 76.6 cm³/mol. The highest BCUT2D eigenvalue weighted by molar-refractivity contribution is 5.84. The van der Waals surface area contributed by atoms with Gasteiger partial charge in [-0.3, -0.25) is 14.9 Å². The topological polar surface area (TPSA) is 75.5 Å². The Kier molecular flexibility index (Phi) is 4.72. The van der Waals surface area contributed by atoms with Gasteiger partial charge in [0, 0.05) is 24.8 Å². The van der Waals surface area contributed by atoms with Gasteiger partial charge in [-0.2, -0.15) is 0 Å². The molecule has 21 heavy (non-hydrogen) atoms. The van der Waals surface area contributed by atoms with Gasteiger partial charge < -0.3 is 10.2 Å². The molecule has 7 heteroatoms. The average Bonchev–Trinajstić information content (AvgIpc) is 2.46. The smallest absolute Gasteiger partial charge is 0.274 e. The number of halogens is 1. The number of nitro groups is 1. The second-order valence-electron chi connectivity index (χ2n) is 5.21. The maximum absolute atomic E-state index is 13.4. The molecule has 1 atom stereocenters. The molecule has 1 aliphatic heterocycles. The SMILES string of the molecule is CC(Nc1cc(F)cc([N+](=O)[O-])c1)C(=O)N1CCCCC1. The van der Waals surface area contributed by atoms with Crippen molar-refractivity contribution in [1.29, 1.82) is 0 Å². The minimum Gasteiger partial charge on any atom is -0.374 e. The molecule has 6 nitrogen and oxygen atoms in total. The van der Waals surface area contributed by atoms with E-state index in [-0.39, 0.29) is 17.3 Å². The number of hydrogen-bond donors (Lipinski definition) is 1. The van der Waals surface area contributed by atoms with Crippen molar-refractivity contribution in [3.05, 3.63) is 34.1 Å². The van der Waals surface area contributed by atoms with E-state index in [0.717, 1.165) is 44.5 Å². The number of nitro benzene ring substituents is 1. The first-order chi connectivity index (χ1) is 9.97. The van der Waals surface area contributed by atoms with E-state index in [1.165, 1.54) is 6.07 Å². The van der Waals surface area contributed by atoms with E-state index in [9.17, 15) is 19.3 Å². The molecule has 1 N–H and O–H groups in total. The first kappa shape index (κ1) is 15.2. The fourth-order valence-corrected chi connectivity index (χ4v) is 2.46. The number of hydrogen-bond acceptors (Lipinski definition) is 4. The normalized spacial score (nSPS) is 16.4. The van der Waals surface area contributed by atoms with E-state index in [1.54, 1.807) is 11.8 Å². The zero-order valence-corrected chi connectivity index (χ0v) is 11.8. The van der Waals surface area contributed by atoms with Crippen molar-refractivity contribution in [2.45, 2.75) is 32.2 Å². The number of nitrogens with zero attached hydrogens (tertiary/aromatic N) is 2. The van der Waals surface area contributed by atoms with Crippen LogP contribution in [0.3, 0.4) is 0 Å². The summed E-state index contributed by atoms with van der Waals surface area (Å²) >= 11 is 0. The van der Waals surface area contributed by atoms with Crippen LogP contribution in [0, 0.1) is 15.9 Å². The van der Waals surface area contributed by atoms with Gasteiger partial charge in [0.15, 0.2) is 0 Å². The summed E-state index contributed by atoms with van der Waals surface area (Å²) in [6.07, 6.45) is 3.11. The van der Waals surface area contributed by atoms with E-state index >= 15 is 0 Å². The first-order valence-corrected chi connectivity index (χ1v) is 6.97. The van der Waals surface area contributed by atoms with Crippen molar-refractivity contribution in [2.75, 3.05) is 18.4 Å². The number of non-ortho nitro benzene ring substituents is 1. The molecule has 1 saturated heterocycles. The highest BCUT2D eigenvalue weighted by Crippen LogP contribution is 2.21. The Morgan fingerprint density at radius 1 is 1.33 bits per heavy atom. The largest absolute Gasteiger partial charge is 0.374 e. The van der Waals surface area contributed by atoms with Crippen LogP contribution in [0.2, 0.25) is 0 Å². The van der Waals surface area contributed by atoms with E-state index < -0.39 is 16.8 Å². The Morgan fingerprint density at radius 3 is 2.62 bits per heavy atom. The molecular formula is C14H18FN3O3. The van der Waals surface area contributed by atoms with Gasteiger partial charge in [0.2, 0.25) is 5.91 Å². The van der Waals surface area contributed by atoms with Crippen LogP contribution < -0.4 is 5.32 Å². The summed E-state index contributed by atoms with van der Waals surface area (Å²) in [5.41, 5.74) is -0.102. The van der Waals surface area contributed by atoms with E-state index in [0.29, 0.717) is 0 Å². The molecule has 1 amide bonds. The maximum Gasteiger partial charge on any atom is 0.274 e. The summed E-state index contributed by atoms with van der Waals surface area (Å²) in [4.78, 5) is 24.1. The molecule has 1 aromatic rings. The molecule has 0 radical (unpaired) electrons. The number of amides is 1. The van der Waals surface area contributed by atoms with Crippen molar-refractivity contribution < 1.29 is 14.1 Å². The number of anilines is 1. The maximum atomic E-state index is 13.4. The molecule has 1 aromatic carbocycles. The Hall–Kier alpha value is -2.18. The zero-order chi connectivity index (χ0) is 15.4.